The van der Waals surface area contributed by atoms with Gasteiger partial charge in [0, 0.05) is 23.2 Å². The summed E-state index contributed by atoms with van der Waals surface area (Å²) in [5, 5.41) is 0. The molecule has 0 fully saturated rings. The Bertz CT molecular complexity index is 515. The van der Waals surface area contributed by atoms with Crippen molar-refractivity contribution in [2.45, 2.75) is 6.42 Å². The number of allylic oxidation sites excluding steroid dienone is 1. The van der Waals surface area contributed by atoms with Crippen molar-refractivity contribution in [3.8, 4) is 0 Å². The van der Waals surface area contributed by atoms with E-state index < -0.39 is 0 Å². The second kappa shape index (κ2) is 5.41. The number of nitrogens with zero attached hydrogens (tertiary/aromatic N) is 1. The number of thiazole rings is 1. The Labute approximate surface area is 104 Å². The Morgan fingerprint density at radius 2 is 2.12 bits per heavy atom. The van der Waals surface area contributed by atoms with Crippen molar-refractivity contribution in [2.24, 2.45) is 0 Å². The van der Waals surface area contributed by atoms with Crippen LogP contribution in [0.15, 0.2) is 42.0 Å². The lowest BCUT2D eigenvalue weighted by atomic mass is 10.1. The van der Waals surface area contributed by atoms with Gasteiger partial charge in [-0.3, -0.25) is 9.78 Å². The van der Waals surface area contributed by atoms with Gasteiger partial charge < -0.3 is 5.73 Å². The Hall–Kier alpha value is -1.94. The molecule has 0 radical (unpaired) electrons. The highest BCUT2D eigenvalue weighted by Crippen LogP contribution is 2.09. The fraction of sp³-hybridized carbons (Fsp3) is 0.0769. The molecule has 1 aromatic heterocycles. The summed E-state index contributed by atoms with van der Waals surface area (Å²) in [6.07, 6.45) is 5.52. The summed E-state index contributed by atoms with van der Waals surface area (Å²) < 4.78 is 0. The molecule has 0 aliphatic heterocycles. The minimum atomic E-state index is 0.0751. The largest absolute Gasteiger partial charge is 0.399 e. The van der Waals surface area contributed by atoms with Gasteiger partial charge in [0.25, 0.3) is 0 Å². The lowest BCUT2D eigenvalue weighted by Crippen LogP contribution is -1.95. The molecule has 1 heterocycles. The Kier molecular flexibility index (Phi) is 3.67. The highest BCUT2D eigenvalue weighted by molar-refractivity contribution is 7.09. The molecule has 17 heavy (non-hydrogen) atoms. The number of nitrogen functional groups attached to an aromatic ring is 1. The summed E-state index contributed by atoms with van der Waals surface area (Å²) in [6.45, 7) is 0. The molecule has 0 aliphatic rings. The van der Waals surface area contributed by atoms with Crippen LogP contribution in [0.25, 0.3) is 6.08 Å². The van der Waals surface area contributed by atoms with Gasteiger partial charge in [0.1, 0.15) is 0 Å². The minimum Gasteiger partial charge on any atom is -0.399 e. The zero-order chi connectivity index (χ0) is 12.1. The Balaban J connectivity index is 1.96. The van der Waals surface area contributed by atoms with Crippen LogP contribution in [0.5, 0.6) is 0 Å². The number of hydrogen-bond acceptors (Lipinski definition) is 4. The summed E-state index contributed by atoms with van der Waals surface area (Å²) in [5.41, 5.74) is 8.99. The maximum atomic E-state index is 11.6. The third kappa shape index (κ3) is 3.53. The zero-order valence-corrected chi connectivity index (χ0v) is 9.98. The molecule has 0 aliphatic carbocycles. The normalized spacial score (nSPS) is 10.8. The van der Waals surface area contributed by atoms with Crippen molar-refractivity contribution >= 4 is 28.9 Å². The van der Waals surface area contributed by atoms with Crippen molar-refractivity contribution in [1.29, 1.82) is 0 Å². The standard InChI is InChI=1S/C13H12N2OS/c14-11-4-1-10(2-5-11)3-6-12(16)7-13-8-15-9-17-13/h1-6,8-9H,7,14H2/b6-3+. The first-order chi connectivity index (χ1) is 8.24. The molecule has 0 unspecified atom stereocenters. The number of anilines is 1. The molecule has 0 saturated carbocycles. The third-order valence-corrected chi connectivity index (χ3v) is 3.01. The van der Waals surface area contributed by atoms with Crippen LogP contribution in [0.1, 0.15) is 10.4 Å². The van der Waals surface area contributed by atoms with Gasteiger partial charge in [-0.2, -0.15) is 0 Å². The van der Waals surface area contributed by atoms with Crippen molar-refractivity contribution in [1.82, 2.24) is 4.98 Å². The average Bonchev–Trinajstić information content (AvgIpc) is 2.81. The molecular weight excluding hydrogens is 232 g/mol. The van der Waals surface area contributed by atoms with Crippen LogP contribution >= 0.6 is 11.3 Å². The van der Waals surface area contributed by atoms with Gasteiger partial charge in [0.2, 0.25) is 0 Å². The quantitative estimate of drug-likeness (QED) is 0.664. The van der Waals surface area contributed by atoms with Gasteiger partial charge >= 0.3 is 0 Å². The van der Waals surface area contributed by atoms with Crippen molar-refractivity contribution < 1.29 is 4.79 Å². The first-order valence-corrected chi connectivity index (χ1v) is 6.06. The second-order valence-corrected chi connectivity index (χ2v) is 4.58. The molecule has 3 nitrogen and oxygen atoms in total. The first-order valence-electron chi connectivity index (χ1n) is 5.18. The number of aromatic nitrogens is 1. The minimum absolute atomic E-state index is 0.0751. The molecule has 2 rings (SSSR count). The summed E-state index contributed by atoms with van der Waals surface area (Å²) in [7, 11) is 0. The molecule has 2 N–H and O–H groups in total. The van der Waals surface area contributed by atoms with Crippen molar-refractivity contribution in [2.75, 3.05) is 5.73 Å². The molecule has 0 amide bonds. The van der Waals surface area contributed by atoms with Gasteiger partial charge in [-0.05, 0) is 23.8 Å². The summed E-state index contributed by atoms with van der Waals surface area (Å²) in [5.74, 6) is 0.0751. The van der Waals surface area contributed by atoms with Crippen molar-refractivity contribution in [3.63, 3.8) is 0 Å². The lowest BCUT2D eigenvalue weighted by Gasteiger charge is -1.94. The molecule has 4 heteroatoms. The molecule has 2 aromatic rings. The van der Waals surface area contributed by atoms with E-state index in [-0.39, 0.29) is 5.78 Å². The number of hydrogen-bond donors (Lipinski definition) is 1. The molecule has 0 bridgehead atoms. The number of benzene rings is 1. The fourth-order valence-electron chi connectivity index (χ4n) is 1.36. The second-order valence-electron chi connectivity index (χ2n) is 3.61. The van der Waals surface area contributed by atoms with E-state index in [2.05, 4.69) is 4.98 Å². The predicted octanol–water partition coefficient (Wildman–Crippen LogP) is 2.55. The van der Waals surface area contributed by atoms with E-state index in [0.29, 0.717) is 6.42 Å². The fourth-order valence-corrected chi connectivity index (χ4v) is 1.96. The topological polar surface area (TPSA) is 56.0 Å². The van der Waals surface area contributed by atoms with E-state index in [1.54, 1.807) is 23.9 Å². The number of carbonyl (C=O) groups is 1. The number of rotatable bonds is 4. The lowest BCUT2D eigenvalue weighted by molar-refractivity contribution is -0.113. The Morgan fingerprint density at radius 1 is 1.35 bits per heavy atom. The van der Waals surface area contributed by atoms with Crippen LogP contribution < -0.4 is 5.73 Å². The summed E-state index contributed by atoms with van der Waals surface area (Å²) in [6, 6.07) is 7.39. The summed E-state index contributed by atoms with van der Waals surface area (Å²) in [4.78, 5) is 16.5. The molecule has 1 aromatic carbocycles. The summed E-state index contributed by atoms with van der Waals surface area (Å²) >= 11 is 1.49. The Morgan fingerprint density at radius 3 is 2.76 bits per heavy atom. The molecule has 86 valence electrons. The number of ketones is 1. The van der Waals surface area contributed by atoms with Gasteiger partial charge in [-0.15, -0.1) is 11.3 Å². The average molecular weight is 244 g/mol. The van der Waals surface area contributed by atoms with E-state index in [1.807, 2.05) is 24.3 Å². The highest BCUT2D eigenvalue weighted by atomic mass is 32.1. The molecule has 0 atom stereocenters. The number of carbonyl (C=O) groups excluding carboxylic acids is 1. The maximum Gasteiger partial charge on any atom is 0.160 e. The molecular formula is C13H12N2OS. The molecule has 0 saturated heterocycles. The van der Waals surface area contributed by atoms with E-state index >= 15 is 0 Å². The van der Waals surface area contributed by atoms with Gasteiger partial charge in [-0.25, -0.2) is 0 Å². The SMILES string of the molecule is Nc1ccc(/C=C/C(=O)Cc2cncs2)cc1. The molecule has 0 spiro atoms. The predicted molar refractivity (Wildman–Crippen MR) is 70.7 cm³/mol. The maximum absolute atomic E-state index is 11.6. The number of nitrogens with two attached hydrogens (primary N) is 1. The van der Waals surface area contributed by atoms with Gasteiger partial charge in [-0.1, -0.05) is 18.2 Å². The van der Waals surface area contributed by atoms with E-state index in [1.165, 1.54) is 11.3 Å². The van der Waals surface area contributed by atoms with Crippen LogP contribution in [0, 0.1) is 0 Å². The van der Waals surface area contributed by atoms with E-state index in [9.17, 15) is 4.79 Å². The van der Waals surface area contributed by atoms with Crippen LogP contribution in [-0.4, -0.2) is 10.8 Å². The smallest absolute Gasteiger partial charge is 0.160 e. The van der Waals surface area contributed by atoms with Crippen LogP contribution in [0.2, 0.25) is 0 Å². The van der Waals surface area contributed by atoms with Crippen molar-refractivity contribution in [3.05, 3.63) is 52.5 Å². The first kappa shape index (κ1) is 11.5. The van der Waals surface area contributed by atoms with E-state index in [4.69, 9.17) is 5.73 Å². The highest BCUT2D eigenvalue weighted by Gasteiger charge is 2.00. The van der Waals surface area contributed by atoms with Crippen LogP contribution in [0.4, 0.5) is 5.69 Å². The van der Waals surface area contributed by atoms with Gasteiger partial charge in [0.15, 0.2) is 5.78 Å². The van der Waals surface area contributed by atoms with E-state index in [0.717, 1.165) is 16.1 Å². The third-order valence-electron chi connectivity index (χ3n) is 2.23. The zero-order valence-electron chi connectivity index (χ0n) is 9.17. The monoisotopic (exact) mass is 244 g/mol. The van der Waals surface area contributed by atoms with Crippen LogP contribution in [0.3, 0.4) is 0 Å². The van der Waals surface area contributed by atoms with Gasteiger partial charge in [0.05, 0.1) is 5.51 Å². The van der Waals surface area contributed by atoms with Crippen LogP contribution in [-0.2, 0) is 11.2 Å².